The number of nitrogens with two attached hydrogens (primary N) is 1. The monoisotopic (exact) mass is 292 g/mol. The first-order valence-corrected chi connectivity index (χ1v) is 6.40. The van der Waals surface area contributed by atoms with Crippen molar-refractivity contribution in [2.24, 2.45) is 5.73 Å². The standard InChI is InChI=1S/C14H13ClN2OS/c1-18-13-7-6-9(8-11(13)15)17-12-5-3-2-4-10(12)14(16)19/h2-8,17H,1H3,(H2,16,19). The summed E-state index contributed by atoms with van der Waals surface area (Å²) in [6.45, 7) is 0. The van der Waals surface area contributed by atoms with Crippen LogP contribution in [0.3, 0.4) is 0 Å². The van der Waals surface area contributed by atoms with Crippen molar-refractivity contribution in [2.75, 3.05) is 12.4 Å². The van der Waals surface area contributed by atoms with Crippen molar-refractivity contribution in [3.63, 3.8) is 0 Å². The first-order valence-electron chi connectivity index (χ1n) is 5.61. The summed E-state index contributed by atoms with van der Waals surface area (Å²) in [5, 5.41) is 3.78. The maximum Gasteiger partial charge on any atom is 0.137 e. The molecule has 2 rings (SSSR count). The van der Waals surface area contributed by atoms with E-state index in [2.05, 4.69) is 5.32 Å². The number of anilines is 2. The summed E-state index contributed by atoms with van der Waals surface area (Å²) >= 11 is 11.1. The second kappa shape index (κ2) is 5.91. The number of ether oxygens (including phenoxy) is 1. The van der Waals surface area contributed by atoms with Gasteiger partial charge in [-0.3, -0.25) is 0 Å². The van der Waals surface area contributed by atoms with Crippen LogP contribution in [0.15, 0.2) is 42.5 Å². The van der Waals surface area contributed by atoms with Gasteiger partial charge in [0.05, 0.1) is 12.1 Å². The zero-order chi connectivity index (χ0) is 13.8. The van der Waals surface area contributed by atoms with Crippen LogP contribution >= 0.6 is 23.8 Å². The summed E-state index contributed by atoms with van der Waals surface area (Å²) in [4.78, 5) is 0.350. The molecule has 0 aliphatic heterocycles. The number of thiocarbonyl (C=S) groups is 1. The molecule has 3 N–H and O–H groups in total. The number of nitrogens with one attached hydrogen (secondary N) is 1. The van der Waals surface area contributed by atoms with E-state index in [4.69, 9.17) is 34.3 Å². The quantitative estimate of drug-likeness (QED) is 0.843. The lowest BCUT2D eigenvalue weighted by Crippen LogP contribution is -2.11. The Morgan fingerprint density at radius 1 is 1.26 bits per heavy atom. The van der Waals surface area contributed by atoms with E-state index >= 15 is 0 Å². The van der Waals surface area contributed by atoms with E-state index in [9.17, 15) is 0 Å². The van der Waals surface area contributed by atoms with Gasteiger partial charge < -0.3 is 15.8 Å². The van der Waals surface area contributed by atoms with Gasteiger partial charge in [-0.25, -0.2) is 0 Å². The molecule has 0 unspecified atom stereocenters. The lowest BCUT2D eigenvalue weighted by Gasteiger charge is -2.12. The Balaban J connectivity index is 2.31. The highest BCUT2D eigenvalue weighted by Crippen LogP contribution is 2.29. The zero-order valence-electron chi connectivity index (χ0n) is 10.3. The minimum Gasteiger partial charge on any atom is -0.495 e. The Kier molecular flexibility index (Phi) is 4.24. The zero-order valence-corrected chi connectivity index (χ0v) is 11.9. The van der Waals surface area contributed by atoms with E-state index in [1.807, 2.05) is 30.3 Å². The van der Waals surface area contributed by atoms with Crippen LogP contribution in [0.1, 0.15) is 5.56 Å². The van der Waals surface area contributed by atoms with E-state index in [1.165, 1.54) is 0 Å². The van der Waals surface area contributed by atoms with Crippen molar-refractivity contribution in [3.05, 3.63) is 53.1 Å². The van der Waals surface area contributed by atoms with E-state index in [0.29, 0.717) is 15.8 Å². The lowest BCUT2D eigenvalue weighted by molar-refractivity contribution is 0.415. The van der Waals surface area contributed by atoms with Crippen LogP contribution in [0.4, 0.5) is 11.4 Å². The normalized spacial score (nSPS) is 10.0. The van der Waals surface area contributed by atoms with Crippen LogP contribution in [-0.2, 0) is 0 Å². The van der Waals surface area contributed by atoms with Gasteiger partial charge in [-0.2, -0.15) is 0 Å². The average Bonchev–Trinajstić information content (AvgIpc) is 2.39. The van der Waals surface area contributed by atoms with Crippen LogP contribution in [0.25, 0.3) is 0 Å². The first kappa shape index (κ1) is 13.6. The molecule has 98 valence electrons. The van der Waals surface area contributed by atoms with Crippen molar-refractivity contribution in [3.8, 4) is 5.75 Å². The summed E-state index contributed by atoms with van der Waals surface area (Å²) in [6, 6.07) is 13.0. The summed E-state index contributed by atoms with van der Waals surface area (Å²) in [6.07, 6.45) is 0. The topological polar surface area (TPSA) is 47.3 Å². The number of hydrogen-bond donors (Lipinski definition) is 2. The molecule has 5 heteroatoms. The minimum atomic E-state index is 0.350. The molecular formula is C14H13ClN2OS. The summed E-state index contributed by atoms with van der Waals surface area (Å²) in [5.74, 6) is 0.634. The van der Waals surface area contributed by atoms with Gasteiger partial charge in [-0.1, -0.05) is 36.0 Å². The maximum atomic E-state index is 6.08. The van der Waals surface area contributed by atoms with Gasteiger partial charge in [-0.15, -0.1) is 0 Å². The van der Waals surface area contributed by atoms with E-state index in [1.54, 1.807) is 19.2 Å². The highest BCUT2D eigenvalue weighted by atomic mass is 35.5. The van der Waals surface area contributed by atoms with Crippen molar-refractivity contribution in [1.29, 1.82) is 0 Å². The third-order valence-corrected chi connectivity index (χ3v) is 3.14. The Bertz CT molecular complexity index is 616. The summed E-state index contributed by atoms with van der Waals surface area (Å²) in [7, 11) is 1.58. The Labute approximate surface area is 122 Å². The number of para-hydroxylation sites is 1. The SMILES string of the molecule is COc1ccc(Nc2ccccc2C(N)=S)cc1Cl. The van der Waals surface area contributed by atoms with E-state index in [-0.39, 0.29) is 0 Å². The van der Waals surface area contributed by atoms with Gasteiger partial charge in [-0.05, 0) is 30.3 Å². The highest BCUT2D eigenvalue weighted by Gasteiger charge is 2.06. The van der Waals surface area contributed by atoms with Crippen LogP contribution in [0.5, 0.6) is 5.75 Å². The Hall–Kier alpha value is -1.78. The van der Waals surface area contributed by atoms with Crippen molar-refractivity contribution in [2.45, 2.75) is 0 Å². The molecule has 0 amide bonds. The molecule has 0 aromatic heterocycles. The molecule has 0 fully saturated rings. The Morgan fingerprint density at radius 2 is 2.00 bits per heavy atom. The molecule has 0 atom stereocenters. The smallest absolute Gasteiger partial charge is 0.137 e. The molecule has 0 bridgehead atoms. The molecule has 2 aromatic rings. The number of rotatable bonds is 4. The molecule has 0 spiro atoms. The molecule has 0 aliphatic carbocycles. The van der Waals surface area contributed by atoms with Gasteiger partial charge in [0, 0.05) is 16.9 Å². The minimum absolute atomic E-state index is 0.350. The van der Waals surface area contributed by atoms with Crippen LogP contribution in [0, 0.1) is 0 Å². The highest BCUT2D eigenvalue weighted by molar-refractivity contribution is 7.80. The predicted octanol–water partition coefficient (Wildman–Crippen LogP) is 3.73. The van der Waals surface area contributed by atoms with Crippen LogP contribution in [0.2, 0.25) is 5.02 Å². The first-order chi connectivity index (χ1) is 9.11. The fraction of sp³-hybridized carbons (Fsp3) is 0.0714. The molecule has 2 aromatic carbocycles. The molecular weight excluding hydrogens is 280 g/mol. The molecule has 3 nitrogen and oxygen atoms in total. The van der Waals surface area contributed by atoms with Crippen molar-refractivity contribution < 1.29 is 4.74 Å². The lowest BCUT2D eigenvalue weighted by atomic mass is 10.1. The fourth-order valence-electron chi connectivity index (χ4n) is 1.71. The van der Waals surface area contributed by atoms with Crippen LogP contribution < -0.4 is 15.8 Å². The summed E-state index contributed by atoms with van der Waals surface area (Å²) < 4.78 is 5.11. The van der Waals surface area contributed by atoms with E-state index < -0.39 is 0 Å². The largest absolute Gasteiger partial charge is 0.495 e. The Morgan fingerprint density at radius 3 is 2.63 bits per heavy atom. The number of methoxy groups -OCH3 is 1. The van der Waals surface area contributed by atoms with E-state index in [0.717, 1.165) is 16.9 Å². The fourth-order valence-corrected chi connectivity index (χ4v) is 2.14. The van der Waals surface area contributed by atoms with Crippen molar-refractivity contribution in [1.82, 2.24) is 0 Å². The van der Waals surface area contributed by atoms with Gasteiger partial charge in [0.25, 0.3) is 0 Å². The molecule has 0 aliphatic rings. The summed E-state index contributed by atoms with van der Waals surface area (Å²) in [5.41, 5.74) is 8.17. The average molecular weight is 293 g/mol. The predicted molar refractivity (Wildman–Crippen MR) is 83.6 cm³/mol. The number of halogens is 1. The molecule has 19 heavy (non-hydrogen) atoms. The third-order valence-electron chi connectivity index (χ3n) is 2.62. The third kappa shape index (κ3) is 3.16. The molecule has 0 heterocycles. The molecule has 0 saturated carbocycles. The van der Waals surface area contributed by atoms with Crippen molar-refractivity contribution >= 4 is 40.2 Å². The van der Waals surface area contributed by atoms with Gasteiger partial charge in [0.15, 0.2) is 0 Å². The molecule has 0 radical (unpaired) electrons. The van der Waals surface area contributed by atoms with Gasteiger partial charge >= 0.3 is 0 Å². The van der Waals surface area contributed by atoms with Gasteiger partial charge in [0.1, 0.15) is 10.7 Å². The second-order valence-electron chi connectivity index (χ2n) is 3.88. The maximum absolute atomic E-state index is 6.08. The van der Waals surface area contributed by atoms with Gasteiger partial charge in [0.2, 0.25) is 0 Å². The molecule has 0 saturated heterocycles. The van der Waals surface area contributed by atoms with Crippen LogP contribution in [-0.4, -0.2) is 12.1 Å². The number of benzene rings is 2. The second-order valence-corrected chi connectivity index (χ2v) is 4.73. The number of hydrogen-bond acceptors (Lipinski definition) is 3.